The molecule has 1 aliphatic carbocycles. The molecule has 0 saturated carbocycles. The van der Waals surface area contributed by atoms with E-state index in [1.807, 2.05) is 0 Å². The van der Waals surface area contributed by atoms with E-state index in [2.05, 4.69) is 52.1 Å². The molecular weight excluding hydrogens is 260 g/mol. The molecule has 0 aromatic rings. The number of hydrogen-bond donors (Lipinski definition) is 0. The van der Waals surface area contributed by atoms with Crippen LogP contribution in [0.1, 0.15) is 65.7 Å². The van der Waals surface area contributed by atoms with E-state index in [-0.39, 0.29) is 0 Å². The fourth-order valence-electron chi connectivity index (χ4n) is 2.17. The first-order chi connectivity index (χ1) is 9.33. The van der Waals surface area contributed by atoms with Gasteiger partial charge in [0.1, 0.15) is 0 Å². The van der Waals surface area contributed by atoms with Crippen molar-refractivity contribution in [2.24, 2.45) is 0 Å². The van der Waals surface area contributed by atoms with Gasteiger partial charge in [0.25, 0.3) is 0 Å². The van der Waals surface area contributed by atoms with Crippen LogP contribution < -0.4 is 0 Å². The van der Waals surface area contributed by atoms with Crippen LogP contribution in [0.3, 0.4) is 0 Å². The van der Waals surface area contributed by atoms with Gasteiger partial charge in [0.2, 0.25) is 0 Å². The van der Waals surface area contributed by atoms with Crippen molar-refractivity contribution < 1.29 is 4.43 Å². The van der Waals surface area contributed by atoms with Crippen LogP contribution in [0.4, 0.5) is 0 Å². The van der Waals surface area contributed by atoms with Crippen molar-refractivity contribution in [3.63, 3.8) is 0 Å². The molecule has 0 aliphatic heterocycles. The van der Waals surface area contributed by atoms with Gasteiger partial charge in [0.05, 0.1) is 0 Å². The Bertz CT molecular complexity index is 334. The molecule has 0 unspecified atom stereocenters. The first kappa shape index (κ1) is 17.7. The van der Waals surface area contributed by atoms with Gasteiger partial charge in [-0.1, -0.05) is 51.0 Å². The summed E-state index contributed by atoms with van der Waals surface area (Å²) in [4.78, 5) is 0. The van der Waals surface area contributed by atoms with E-state index in [4.69, 9.17) is 4.43 Å². The minimum absolute atomic E-state index is 0.338. The van der Waals surface area contributed by atoms with Crippen LogP contribution in [0.15, 0.2) is 23.8 Å². The standard InChI is InChI=1S/C18H34OSi/c1-18(2,3)20(4,5)19-16-12-7-6-9-13-17-14-10-8-11-15-17/h10,13-14H,6-9,11-12,15-16H2,1-5H3/b17-13-. The molecule has 20 heavy (non-hydrogen) atoms. The highest BCUT2D eigenvalue weighted by Gasteiger charge is 2.36. The Morgan fingerprint density at radius 1 is 1.20 bits per heavy atom. The van der Waals surface area contributed by atoms with Gasteiger partial charge in [0.15, 0.2) is 8.32 Å². The van der Waals surface area contributed by atoms with E-state index < -0.39 is 8.32 Å². The van der Waals surface area contributed by atoms with Crippen LogP contribution >= 0.6 is 0 Å². The smallest absolute Gasteiger partial charge is 0.191 e. The molecule has 0 aromatic heterocycles. The highest BCUT2D eigenvalue weighted by Crippen LogP contribution is 2.36. The quantitative estimate of drug-likeness (QED) is 0.399. The summed E-state index contributed by atoms with van der Waals surface area (Å²) in [7, 11) is -1.52. The lowest BCUT2D eigenvalue weighted by Crippen LogP contribution is -2.40. The number of rotatable bonds is 7. The molecule has 0 atom stereocenters. The average molecular weight is 295 g/mol. The first-order valence-electron chi connectivity index (χ1n) is 8.32. The van der Waals surface area contributed by atoms with Gasteiger partial charge < -0.3 is 4.43 Å². The van der Waals surface area contributed by atoms with E-state index in [9.17, 15) is 0 Å². The fourth-order valence-corrected chi connectivity index (χ4v) is 3.25. The molecule has 116 valence electrons. The predicted molar refractivity (Wildman–Crippen MR) is 92.7 cm³/mol. The number of hydrogen-bond acceptors (Lipinski definition) is 1. The summed E-state index contributed by atoms with van der Waals surface area (Å²) < 4.78 is 6.20. The van der Waals surface area contributed by atoms with E-state index in [1.165, 1.54) is 44.9 Å². The third-order valence-electron chi connectivity index (χ3n) is 4.69. The van der Waals surface area contributed by atoms with E-state index in [0.717, 1.165) is 6.61 Å². The summed E-state index contributed by atoms with van der Waals surface area (Å²) in [6.07, 6.45) is 16.0. The molecule has 0 N–H and O–H groups in total. The van der Waals surface area contributed by atoms with Gasteiger partial charge in [-0.3, -0.25) is 0 Å². The molecular formula is C18H34OSi. The molecule has 0 spiro atoms. The largest absolute Gasteiger partial charge is 0.417 e. The summed E-state index contributed by atoms with van der Waals surface area (Å²) in [5, 5.41) is 0.338. The van der Waals surface area contributed by atoms with Crippen molar-refractivity contribution in [1.82, 2.24) is 0 Å². The Morgan fingerprint density at radius 2 is 1.95 bits per heavy atom. The lowest BCUT2D eigenvalue weighted by Gasteiger charge is -2.36. The van der Waals surface area contributed by atoms with Crippen LogP contribution in [0.25, 0.3) is 0 Å². The third kappa shape index (κ3) is 6.40. The zero-order valence-electron chi connectivity index (χ0n) is 14.3. The normalized spacial score (nSPS) is 18.8. The van der Waals surface area contributed by atoms with Crippen LogP contribution in [0, 0.1) is 0 Å². The lowest BCUT2D eigenvalue weighted by molar-refractivity contribution is 0.278. The zero-order valence-corrected chi connectivity index (χ0v) is 15.3. The summed E-state index contributed by atoms with van der Waals surface area (Å²) in [5.41, 5.74) is 1.55. The fraction of sp³-hybridized carbons (Fsp3) is 0.778. The highest BCUT2D eigenvalue weighted by atomic mass is 28.4. The molecule has 0 radical (unpaired) electrons. The third-order valence-corrected chi connectivity index (χ3v) is 9.23. The molecule has 0 amide bonds. The minimum atomic E-state index is -1.52. The van der Waals surface area contributed by atoms with Gasteiger partial charge in [-0.25, -0.2) is 0 Å². The van der Waals surface area contributed by atoms with Crippen molar-refractivity contribution >= 4 is 8.32 Å². The maximum atomic E-state index is 6.20. The molecule has 1 aliphatic rings. The Hall–Kier alpha value is -0.343. The summed E-state index contributed by atoms with van der Waals surface area (Å²) in [5.74, 6) is 0. The van der Waals surface area contributed by atoms with Crippen LogP contribution in [-0.2, 0) is 4.43 Å². The van der Waals surface area contributed by atoms with Crippen molar-refractivity contribution in [1.29, 1.82) is 0 Å². The van der Waals surface area contributed by atoms with Crippen LogP contribution in [-0.4, -0.2) is 14.9 Å². The van der Waals surface area contributed by atoms with Crippen molar-refractivity contribution in [2.45, 2.75) is 83.8 Å². The molecule has 1 nitrogen and oxygen atoms in total. The number of unbranched alkanes of at least 4 members (excludes halogenated alkanes) is 3. The van der Waals surface area contributed by atoms with Gasteiger partial charge >= 0.3 is 0 Å². The monoisotopic (exact) mass is 294 g/mol. The second-order valence-corrected chi connectivity index (χ2v) is 12.3. The van der Waals surface area contributed by atoms with Crippen LogP contribution in [0.2, 0.25) is 18.1 Å². The van der Waals surface area contributed by atoms with E-state index in [1.54, 1.807) is 5.57 Å². The van der Waals surface area contributed by atoms with E-state index in [0.29, 0.717) is 5.04 Å². The Labute approximate surface area is 127 Å². The topological polar surface area (TPSA) is 9.23 Å². The molecule has 0 heterocycles. The lowest BCUT2D eigenvalue weighted by atomic mass is 10.0. The van der Waals surface area contributed by atoms with Gasteiger partial charge in [-0.2, -0.15) is 0 Å². The maximum absolute atomic E-state index is 6.20. The van der Waals surface area contributed by atoms with Crippen molar-refractivity contribution in [3.05, 3.63) is 23.8 Å². The Morgan fingerprint density at radius 3 is 2.55 bits per heavy atom. The van der Waals surface area contributed by atoms with Crippen molar-refractivity contribution in [3.8, 4) is 0 Å². The Kier molecular flexibility index (Phi) is 7.25. The SMILES string of the molecule is CC(C)(C)[Si](C)(C)OCCCCC/C=C1/C=CCCC1. The zero-order chi connectivity index (χ0) is 15.1. The summed E-state index contributed by atoms with van der Waals surface area (Å²) in [6, 6.07) is 0. The highest BCUT2D eigenvalue weighted by molar-refractivity contribution is 6.74. The molecule has 0 aromatic carbocycles. The minimum Gasteiger partial charge on any atom is -0.417 e. The molecule has 1 rings (SSSR count). The van der Waals surface area contributed by atoms with Crippen LogP contribution in [0.5, 0.6) is 0 Å². The summed E-state index contributed by atoms with van der Waals surface area (Å²) >= 11 is 0. The molecule has 2 heteroatoms. The van der Waals surface area contributed by atoms with Gasteiger partial charge in [0, 0.05) is 6.61 Å². The predicted octanol–water partition coefficient (Wildman–Crippen LogP) is 6.24. The van der Waals surface area contributed by atoms with E-state index >= 15 is 0 Å². The summed E-state index contributed by atoms with van der Waals surface area (Å²) in [6.45, 7) is 12.6. The Balaban J connectivity index is 2.08. The molecule has 0 fully saturated rings. The van der Waals surface area contributed by atoms with Crippen molar-refractivity contribution in [2.75, 3.05) is 6.61 Å². The van der Waals surface area contributed by atoms with Gasteiger partial charge in [-0.15, -0.1) is 0 Å². The molecule has 0 saturated heterocycles. The molecule has 0 bridgehead atoms. The first-order valence-corrected chi connectivity index (χ1v) is 11.2. The number of allylic oxidation sites excluding steroid dienone is 4. The average Bonchev–Trinajstić information content (AvgIpc) is 2.37. The maximum Gasteiger partial charge on any atom is 0.191 e. The van der Waals surface area contributed by atoms with Gasteiger partial charge in [-0.05, 0) is 56.7 Å². The second-order valence-electron chi connectivity index (χ2n) is 7.53. The second kappa shape index (κ2) is 8.19.